The normalized spacial score (nSPS) is 10.5. The number of rotatable bonds is 0. The minimum atomic E-state index is -6.00. The van der Waals surface area contributed by atoms with Gasteiger partial charge in [0.2, 0.25) is 11.9 Å². The van der Waals surface area contributed by atoms with Crippen LogP contribution in [0.5, 0.6) is 0 Å². The zero-order chi connectivity index (χ0) is 11.4. The maximum Gasteiger partial charge on any atom is 0.673 e. The molecule has 80 valence electrons. The smallest absolute Gasteiger partial charge is 0.418 e. The van der Waals surface area contributed by atoms with E-state index in [-0.39, 0.29) is 0 Å². The second kappa shape index (κ2) is 4.92. The summed E-state index contributed by atoms with van der Waals surface area (Å²) in [4.78, 5) is 0.620. The van der Waals surface area contributed by atoms with Crippen molar-refractivity contribution in [3.63, 3.8) is 0 Å². The summed E-state index contributed by atoms with van der Waals surface area (Å²) >= 11 is 0. The van der Waals surface area contributed by atoms with E-state index in [2.05, 4.69) is 0 Å². The second-order valence-electron chi connectivity index (χ2n) is 2.58. The molecule has 0 aromatic carbocycles. The van der Waals surface area contributed by atoms with Gasteiger partial charge in [-0.1, -0.05) is 0 Å². The molecule has 1 heterocycles. The van der Waals surface area contributed by atoms with Crippen LogP contribution in [0.3, 0.4) is 0 Å². The van der Waals surface area contributed by atoms with Crippen LogP contribution in [-0.2, 0) is 0 Å². The van der Waals surface area contributed by atoms with Crippen molar-refractivity contribution in [2.24, 2.45) is 0 Å². The maximum absolute atomic E-state index is 12.5. The van der Waals surface area contributed by atoms with Crippen molar-refractivity contribution in [1.29, 1.82) is 0 Å². The van der Waals surface area contributed by atoms with Gasteiger partial charge in [0, 0.05) is 23.3 Å². The van der Waals surface area contributed by atoms with Crippen LogP contribution in [0.2, 0.25) is 0 Å². The highest BCUT2D eigenvalue weighted by Crippen LogP contribution is 2.06. The van der Waals surface area contributed by atoms with E-state index in [1.807, 2.05) is 13.0 Å². The number of nitrogens with zero attached hydrogens (tertiary/aromatic N) is 1. The molecule has 1 aromatic rings. The molecule has 0 bridgehead atoms. The van der Waals surface area contributed by atoms with Gasteiger partial charge in [0.15, 0.2) is 0 Å². The number of aromatic nitrogens is 1. The Kier molecular flexibility index (Phi) is 4.53. The fourth-order valence-corrected chi connectivity index (χ4v) is 0.664. The number of halogens is 5. The Bertz CT molecular complexity index is 272. The Hall–Kier alpha value is -1.14. The molecule has 1 nitrogen and oxygen atoms in total. The monoisotopic (exact) mass is 213 g/mol. The van der Waals surface area contributed by atoms with E-state index >= 15 is 0 Å². The molecule has 0 aliphatic rings. The first-order valence-corrected chi connectivity index (χ1v) is 3.73. The van der Waals surface area contributed by atoms with E-state index in [0.29, 0.717) is 10.5 Å². The Labute approximate surface area is 78.2 Å². The van der Waals surface area contributed by atoms with Crippen LogP contribution in [-0.4, -0.2) is 7.25 Å². The van der Waals surface area contributed by atoms with E-state index in [4.69, 9.17) is 0 Å². The van der Waals surface area contributed by atoms with Gasteiger partial charge in [-0.05, 0) is 13.0 Å². The van der Waals surface area contributed by atoms with E-state index in [9.17, 15) is 21.7 Å². The summed E-state index contributed by atoms with van der Waals surface area (Å²) in [7, 11) is -6.00. The third kappa shape index (κ3) is 6.39. The summed E-state index contributed by atoms with van der Waals surface area (Å²) in [6.07, 6.45) is 1.39. The van der Waals surface area contributed by atoms with Crippen LogP contribution in [0.15, 0.2) is 18.3 Å². The highest BCUT2D eigenvalue weighted by atomic mass is 19.5. The Balaban J connectivity index is 0.000000292. The average molecular weight is 213 g/mol. The molecule has 0 unspecified atom stereocenters. The zero-order valence-electron chi connectivity index (χ0n) is 7.65. The van der Waals surface area contributed by atoms with Crippen LogP contribution in [0, 0.1) is 13.8 Å². The summed E-state index contributed by atoms with van der Waals surface area (Å²) in [5.74, 6) is 0. The van der Waals surface area contributed by atoms with Crippen LogP contribution in [0.4, 0.5) is 21.7 Å². The van der Waals surface area contributed by atoms with Gasteiger partial charge in [0.25, 0.3) is 0 Å². The van der Waals surface area contributed by atoms with Crippen molar-refractivity contribution in [2.45, 2.75) is 13.8 Å². The number of hydrogen-bond acceptors (Lipinski definition) is 0. The molecule has 0 atom stereocenters. The first kappa shape index (κ1) is 12.9. The summed E-state index contributed by atoms with van der Waals surface area (Å²) in [6, 6.07) is 3.56. The summed E-state index contributed by atoms with van der Waals surface area (Å²) in [6.45, 7) is 3.63. The SMILES string of the molecule is Cc1ccc[n+](F)c1C.F[B-](F)(F)F. The standard InChI is InChI=1S/C7H9FN.BF4/c1-6-4-3-5-9(8)7(6)2;2-1(3,4)5/h3-5H,1-2H3;/q+1;-1. The molecule has 0 fully saturated rings. The lowest BCUT2D eigenvalue weighted by Crippen LogP contribution is -2.26. The van der Waals surface area contributed by atoms with E-state index < -0.39 is 7.25 Å². The minimum absolute atomic E-state index is 0.620. The number of pyridine rings is 1. The van der Waals surface area contributed by atoms with Gasteiger partial charge in [-0.15, -0.1) is 0 Å². The van der Waals surface area contributed by atoms with Crippen LogP contribution in [0.25, 0.3) is 0 Å². The van der Waals surface area contributed by atoms with Gasteiger partial charge in [-0.25, -0.2) is 0 Å². The van der Waals surface area contributed by atoms with E-state index in [1.165, 1.54) is 6.20 Å². The van der Waals surface area contributed by atoms with Gasteiger partial charge < -0.3 is 17.3 Å². The predicted molar refractivity (Wildman–Crippen MR) is 42.8 cm³/mol. The van der Waals surface area contributed by atoms with Crippen molar-refractivity contribution in [1.82, 2.24) is 0 Å². The average Bonchev–Trinajstić information content (AvgIpc) is 1.97. The van der Waals surface area contributed by atoms with E-state index in [1.54, 1.807) is 13.0 Å². The fourth-order valence-electron chi connectivity index (χ4n) is 0.664. The lowest BCUT2D eigenvalue weighted by molar-refractivity contribution is -0.848. The third-order valence-corrected chi connectivity index (χ3v) is 1.45. The van der Waals surface area contributed by atoms with Crippen molar-refractivity contribution < 1.29 is 26.5 Å². The van der Waals surface area contributed by atoms with Crippen LogP contribution >= 0.6 is 0 Å². The van der Waals surface area contributed by atoms with Gasteiger partial charge in [-0.3, -0.25) is 0 Å². The maximum atomic E-state index is 12.5. The predicted octanol–water partition coefficient (Wildman–Crippen LogP) is 2.62. The van der Waals surface area contributed by atoms with Crippen LogP contribution < -0.4 is 4.79 Å². The van der Waals surface area contributed by atoms with Crippen molar-refractivity contribution in [2.75, 3.05) is 0 Å². The van der Waals surface area contributed by atoms with Gasteiger partial charge in [0.1, 0.15) is 0 Å². The summed E-state index contributed by atoms with van der Waals surface area (Å²) in [5, 5.41) is 0. The molecule has 0 spiro atoms. The molecular weight excluding hydrogens is 204 g/mol. The lowest BCUT2D eigenvalue weighted by Gasteiger charge is -1.94. The molecule has 0 aliphatic carbocycles. The molecule has 14 heavy (non-hydrogen) atoms. The first-order valence-electron chi connectivity index (χ1n) is 3.73. The lowest BCUT2D eigenvalue weighted by atomic mass is 10.2. The zero-order valence-corrected chi connectivity index (χ0v) is 7.65. The first-order chi connectivity index (χ1) is 6.22. The molecule has 1 rings (SSSR count). The Morgan fingerprint density at radius 3 is 1.86 bits per heavy atom. The van der Waals surface area contributed by atoms with Crippen molar-refractivity contribution in [3.05, 3.63) is 29.6 Å². The fraction of sp³-hybridized carbons (Fsp3) is 0.286. The highest BCUT2D eigenvalue weighted by Gasteiger charge is 2.20. The Morgan fingerprint density at radius 2 is 1.57 bits per heavy atom. The van der Waals surface area contributed by atoms with Crippen LogP contribution in [0.1, 0.15) is 11.3 Å². The third-order valence-electron chi connectivity index (χ3n) is 1.45. The number of hydrogen-bond donors (Lipinski definition) is 0. The van der Waals surface area contributed by atoms with E-state index in [0.717, 1.165) is 5.56 Å². The van der Waals surface area contributed by atoms with Gasteiger partial charge in [0.05, 0.1) is 4.48 Å². The molecule has 0 saturated carbocycles. The van der Waals surface area contributed by atoms with Crippen molar-refractivity contribution >= 4 is 7.25 Å². The van der Waals surface area contributed by atoms with Gasteiger partial charge >= 0.3 is 7.25 Å². The molecule has 0 N–H and O–H groups in total. The molecule has 7 heteroatoms. The van der Waals surface area contributed by atoms with Crippen molar-refractivity contribution in [3.8, 4) is 0 Å². The second-order valence-corrected chi connectivity index (χ2v) is 2.58. The molecule has 0 saturated heterocycles. The molecule has 0 aliphatic heterocycles. The summed E-state index contributed by atoms with van der Waals surface area (Å²) in [5.41, 5.74) is 1.64. The molecule has 0 radical (unpaired) electrons. The minimum Gasteiger partial charge on any atom is -0.418 e. The largest absolute Gasteiger partial charge is 0.673 e. The molecule has 0 amide bonds. The molecule has 1 aromatic heterocycles. The summed E-state index contributed by atoms with van der Waals surface area (Å²) < 4.78 is 51.5. The topological polar surface area (TPSA) is 3.88 Å². The highest BCUT2D eigenvalue weighted by molar-refractivity contribution is 6.50. The Morgan fingerprint density at radius 1 is 1.14 bits per heavy atom. The molecular formula is C7H9BF5N. The quantitative estimate of drug-likeness (QED) is 0.460. The number of aryl methyl sites for hydroxylation is 1. The van der Waals surface area contributed by atoms with Gasteiger partial charge in [-0.2, -0.15) is 0 Å².